The Morgan fingerprint density at radius 1 is 0.879 bits per heavy atom. The Balaban J connectivity index is 1.46. The molecule has 3 aromatic rings. The van der Waals surface area contributed by atoms with E-state index in [9.17, 15) is 9.59 Å². The number of methoxy groups -OCH3 is 1. The molecule has 7 nitrogen and oxygen atoms in total. The first kappa shape index (κ1) is 22.9. The Morgan fingerprint density at radius 2 is 1.52 bits per heavy atom. The van der Waals surface area contributed by atoms with Crippen LogP contribution in [0.2, 0.25) is 10.0 Å². The number of pyridine rings is 1. The average molecular weight is 485 g/mol. The van der Waals surface area contributed by atoms with Crippen molar-refractivity contribution in [3.8, 4) is 5.75 Å². The monoisotopic (exact) mass is 484 g/mol. The first-order valence-electron chi connectivity index (χ1n) is 10.4. The van der Waals surface area contributed by atoms with Gasteiger partial charge in [-0.15, -0.1) is 0 Å². The number of hydrogen-bond donors (Lipinski definition) is 1. The van der Waals surface area contributed by atoms with Gasteiger partial charge < -0.3 is 19.9 Å². The van der Waals surface area contributed by atoms with Crippen LogP contribution in [0.1, 0.15) is 20.7 Å². The van der Waals surface area contributed by atoms with E-state index in [-0.39, 0.29) is 16.8 Å². The molecule has 1 N–H and O–H groups in total. The molecule has 1 fully saturated rings. The van der Waals surface area contributed by atoms with Crippen molar-refractivity contribution >= 4 is 46.5 Å². The lowest BCUT2D eigenvalue weighted by molar-refractivity contribution is 0.0536. The molecular weight excluding hydrogens is 463 g/mol. The number of piperazine rings is 1. The van der Waals surface area contributed by atoms with Crippen molar-refractivity contribution in [2.24, 2.45) is 0 Å². The Hall–Kier alpha value is -3.29. The summed E-state index contributed by atoms with van der Waals surface area (Å²) in [5.74, 6) is 0.729. The number of amides is 2. The maximum atomic E-state index is 13.3. The summed E-state index contributed by atoms with van der Waals surface area (Å²) in [6, 6.07) is 15.9. The van der Waals surface area contributed by atoms with Crippen LogP contribution in [0.3, 0.4) is 0 Å². The summed E-state index contributed by atoms with van der Waals surface area (Å²) in [6.45, 7) is 1.57. The molecule has 0 atom stereocenters. The van der Waals surface area contributed by atoms with E-state index >= 15 is 0 Å². The zero-order chi connectivity index (χ0) is 23.4. The number of hydrogen-bond acceptors (Lipinski definition) is 5. The zero-order valence-electron chi connectivity index (χ0n) is 17.9. The third kappa shape index (κ3) is 4.89. The lowest BCUT2D eigenvalue weighted by Crippen LogP contribution is -2.50. The van der Waals surface area contributed by atoms with E-state index in [4.69, 9.17) is 27.9 Å². The number of nitrogens with one attached hydrogen (secondary N) is 1. The number of rotatable bonds is 5. The van der Waals surface area contributed by atoms with Crippen LogP contribution in [0.15, 0.2) is 60.8 Å². The number of para-hydroxylation sites is 2. The second-order valence-corrected chi connectivity index (χ2v) is 8.20. The van der Waals surface area contributed by atoms with E-state index in [1.54, 1.807) is 53.4 Å². The molecule has 1 saturated heterocycles. The van der Waals surface area contributed by atoms with E-state index in [0.717, 1.165) is 0 Å². The van der Waals surface area contributed by atoms with Gasteiger partial charge in [-0.1, -0.05) is 41.4 Å². The van der Waals surface area contributed by atoms with E-state index in [1.807, 2.05) is 24.3 Å². The fourth-order valence-corrected chi connectivity index (χ4v) is 4.06. The van der Waals surface area contributed by atoms with Crippen LogP contribution in [0, 0.1) is 0 Å². The van der Waals surface area contributed by atoms with Gasteiger partial charge in [-0.2, -0.15) is 0 Å². The molecule has 33 heavy (non-hydrogen) atoms. The molecule has 0 aliphatic carbocycles. The van der Waals surface area contributed by atoms with Gasteiger partial charge in [-0.3, -0.25) is 9.59 Å². The van der Waals surface area contributed by atoms with Crippen molar-refractivity contribution in [1.29, 1.82) is 0 Å². The minimum atomic E-state index is -0.200. The molecule has 0 unspecified atom stereocenters. The maximum Gasteiger partial charge on any atom is 0.257 e. The summed E-state index contributed by atoms with van der Waals surface area (Å²) in [7, 11) is 1.59. The van der Waals surface area contributed by atoms with Crippen molar-refractivity contribution in [2.75, 3.05) is 38.6 Å². The zero-order valence-corrected chi connectivity index (χ0v) is 19.4. The molecule has 1 aliphatic heterocycles. The molecule has 1 aromatic heterocycles. The summed E-state index contributed by atoms with van der Waals surface area (Å²) in [6.07, 6.45) is 1.62. The molecule has 170 valence electrons. The number of benzene rings is 2. The highest BCUT2D eigenvalue weighted by molar-refractivity contribution is 6.43. The molecule has 4 rings (SSSR count). The Bertz CT molecular complexity index is 1180. The molecule has 1 aliphatic rings. The van der Waals surface area contributed by atoms with Crippen LogP contribution in [0.4, 0.5) is 11.5 Å². The van der Waals surface area contributed by atoms with Gasteiger partial charge in [0.2, 0.25) is 0 Å². The van der Waals surface area contributed by atoms with Crippen LogP contribution in [0.5, 0.6) is 5.75 Å². The smallest absolute Gasteiger partial charge is 0.257 e. The normalized spacial score (nSPS) is 13.5. The van der Waals surface area contributed by atoms with E-state index < -0.39 is 0 Å². The topological polar surface area (TPSA) is 74.8 Å². The summed E-state index contributed by atoms with van der Waals surface area (Å²) < 4.78 is 5.38. The van der Waals surface area contributed by atoms with Gasteiger partial charge in [-0.25, -0.2) is 4.98 Å². The van der Waals surface area contributed by atoms with E-state index in [1.165, 1.54) is 0 Å². The second-order valence-electron chi connectivity index (χ2n) is 7.41. The summed E-state index contributed by atoms with van der Waals surface area (Å²) in [5, 5.41) is 3.77. The van der Waals surface area contributed by atoms with E-state index in [2.05, 4.69) is 10.3 Å². The van der Waals surface area contributed by atoms with Crippen LogP contribution >= 0.6 is 23.2 Å². The second kappa shape index (κ2) is 10.1. The Morgan fingerprint density at radius 3 is 2.21 bits per heavy atom. The third-order valence-electron chi connectivity index (χ3n) is 5.43. The summed E-state index contributed by atoms with van der Waals surface area (Å²) in [4.78, 5) is 33.9. The number of carbonyl (C=O) groups is 2. The predicted molar refractivity (Wildman–Crippen MR) is 129 cm³/mol. The molecular formula is C24H22Cl2N4O3. The quantitative estimate of drug-likeness (QED) is 0.565. The average Bonchev–Trinajstić information content (AvgIpc) is 2.85. The predicted octanol–water partition coefficient (Wildman–Crippen LogP) is 4.74. The van der Waals surface area contributed by atoms with Gasteiger partial charge in [0.25, 0.3) is 11.8 Å². The van der Waals surface area contributed by atoms with Crippen LogP contribution in [-0.4, -0.2) is 59.9 Å². The highest BCUT2D eigenvalue weighted by Gasteiger charge is 2.28. The summed E-state index contributed by atoms with van der Waals surface area (Å²) in [5.41, 5.74) is 1.52. The number of nitrogens with zero attached hydrogens (tertiary/aromatic N) is 3. The first-order chi connectivity index (χ1) is 16.0. The minimum absolute atomic E-state index is 0.159. The number of anilines is 2. The van der Waals surface area contributed by atoms with Gasteiger partial charge in [0.15, 0.2) is 0 Å². The van der Waals surface area contributed by atoms with Gasteiger partial charge in [0.1, 0.15) is 11.6 Å². The van der Waals surface area contributed by atoms with Gasteiger partial charge in [-0.05, 0) is 36.4 Å². The van der Waals surface area contributed by atoms with Crippen molar-refractivity contribution in [3.05, 3.63) is 82.0 Å². The molecule has 2 amide bonds. The number of aromatic nitrogens is 1. The van der Waals surface area contributed by atoms with E-state index in [0.29, 0.717) is 59.6 Å². The number of carbonyl (C=O) groups excluding carboxylic acids is 2. The highest BCUT2D eigenvalue weighted by Crippen LogP contribution is 2.29. The largest absolute Gasteiger partial charge is 0.495 e. The first-order valence-corrected chi connectivity index (χ1v) is 11.1. The van der Waals surface area contributed by atoms with Gasteiger partial charge in [0, 0.05) is 32.4 Å². The standard InChI is InChI=1S/C24H22Cl2N4O3/c1-33-20-10-3-2-9-19(20)28-22-17(7-5-11-27-22)24(32)30-14-12-29(13-15-30)23(31)16-6-4-8-18(25)21(16)26/h2-11H,12-15H2,1H3,(H,27,28). The lowest BCUT2D eigenvalue weighted by Gasteiger charge is -2.35. The number of ether oxygens (including phenoxy) is 1. The molecule has 0 spiro atoms. The van der Waals surface area contributed by atoms with Gasteiger partial charge >= 0.3 is 0 Å². The fraction of sp³-hybridized carbons (Fsp3) is 0.208. The van der Waals surface area contributed by atoms with Crippen molar-refractivity contribution in [2.45, 2.75) is 0 Å². The SMILES string of the molecule is COc1ccccc1Nc1ncccc1C(=O)N1CCN(C(=O)c2cccc(Cl)c2Cl)CC1. The van der Waals surface area contributed by atoms with Crippen LogP contribution < -0.4 is 10.1 Å². The lowest BCUT2D eigenvalue weighted by atomic mass is 10.1. The third-order valence-corrected chi connectivity index (χ3v) is 6.25. The highest BCUT2D eigenvalue weighted by atomic mass is 35.5. The molecule has 0 radical (unpaired) electrons. The van der Waals surface area contributed by atoms with Crippen LogP contribution in [-0.2, 0) is 0 Å². The number of halogens is 2. The maximum absolute atomic E-state index is 13.3. The Kier molecular flexibility index (Phi) is 7.01. The molecule has 2 heterocycles. The Labute approximate surface area is 201 Å². The van der Waals surface area contributed by atoms with Gasteiger partial charge in [0.05, 0.1) is 34.0 Å². The van der Waals surface area contributed by atoms with Crippen molar-refractivity contribution in [1.82, 2.24) is 14.8 Å². The molecule has 2 aromatic carbocycles. The van der Waals surface area contributed by atoms with Crippen molar-refractivity contribution < 1.29 is 14.3 Å². The summed E-state index contributed by atoms with van der Waals surface area (Å²) >= 11 is 12.3. The minimum Gasteiger partial charge on any atom is -0.495 e. The van der Waals surface area contributed by atoms with Crippen molar-refractivity contribution in [3.63, 3.8) is 0 Å². The molecule has 0 saturated carbocycles. The fourth-order valence-electron chi connectivity index (χ4n) is 3.68. The molecule has 9 heteroatoms. The van der Waals surface area contributed by atoms with Crippen LogP contribution in [0.25, 0.3) is 0 Å². The molecule has 0 bridgehead atoms.